The number of carbonyl (C=O) groups is 1. The first-order valence-electron chi connectivity index (χ1n) is 15.3. The van der Waals surface area contributed by atoms with E-state index in [1.807, 2.05) is 25.2 Å². The van der Waals surface area contributed by atoms with Gasteiger partial charge in [-0.15, -0.1) is 0 Å². The third-order valence-corrected chi connectivity index (χ3v) is 9.37. The van der Waals surface area contributed by atoms with Crippen molar-refractivity contribution in [2.24, 2.45) is 0 Å². The summed E-state index contributed by atoms with van der Waals surface area (Å²) in [5.74, 6) is -0.418. The molecule has 13 heteroatoms. The summed E-state index contributed by atoms with van der Waals surface area (Å²) in [7, 11) is 1.83. The van der Waals surface area contributed by atoms with Crippen molar-refractivity contribution < 1.29 is 19.0 Å². The minimum atomic E-state index is -1.16. The van der Waals surface area contributed by atoms with Crippen LogP contribution in [0.5, 0.6) is 5.75 Å². The van der Waals surface area contributed by atoms with Crippen LogP contribution >= 0.6 is 23.2 Å². The van der Waals surface area contributed by atoms with Crippen LogP contribution in [0, 0.1) is 0 Å². The third-order valence-electron chi connectivity index (χ3n) is 8.83. The molecule has 11 nitrogen and oxygen atoms in total. The van der Waals surface area contributed by atoms with Crippen molar-refractivity contribution in [3.63, 3.8) is 0 Å². The van der Waals surface area contributed by atoms with E-state index in [4.69, 9.17) is 37.4 Å². The van der Waals surface area contributed by atoms with Crippen LogP contribution in [0.1, 0.15) is 28.8 Å². The first-order chi connectivity index (χ1) is 22.4. The fraction of sp³-hybridized carbons (Fsp3) is 0.364. The third kappa shape index (κ3) is 6.25. The molecule has 4 atom stereocenters. The zero-order valence-electron chi connectivity index (χ0n) is 25.3. The number of hydrogen-bond acceptors (Lipinski definition) is 8. The molecular weight excluding hydrogens is 629 g/mol. The minimum absolute atomic E-state index is 0.0353. The molecule has 7 rings (SSSR count). The highest BCUT2D eigenvalue weighted by Crippen LogP contribution is 2.40. The number of nitrogens with one attached hydrogen (secondary N) is 2. The molecule has 46 heavy (non-hydrogen) atoms. The van der Waals surface area contributed by atoms with Gasteiger partial charge in [0.2, 0.25) is 5.79 Å². The number of piperazine rings is 1. The van der Waals surface area contributed by atoms with Gasteiger partial charge in [0.15, 0.2) is 0 Å². The van der Waals surface area contributed by atoms with Crippen LogP contribution in [0.2, 0.25) is 10.0 Å². The van der Waals surface area contributed by atoms with Gasteiger partial charge in [-0.3, -0.25) is 0 Å². The summed E-state index contributed by atoms with van der Waals surface area (Å²) in [5, 5.41) is 11.7. The van der Waals surface area contributed by atoms with E-state index < -0.39 is 5.79 Å². The van der Waals surface area contributed by atoms with E-state index in [1.165, 1.54) is 11.9 Å². The average Bonchev–Trinajstić information content (AvgIpc) is 3.82. The standard InChI is InChI=1S/C33H35Cl2N7O4/c1-40-30(16-38-32(40)43)22-2-7-25(8-3-22)42-13-12-36-15-31(42)23-4-9-26(10-5-23)44-17-27-18-45-33(46-27,19-41-21-37-20-39-41)28-11-6-24(34)14-29(28)35/h2-11,14,20-21,27,30-31,36H,12-13,15-19H2,1H3,(H,38,43). The van der Waals surface area contributed by atoms with Gasteiger partial charge in [-0.25, -0.2) is 14.5 Å². The van der Waals surface area contributed by atoms with Gasteiger partial charge in [0, 0.05) is 49.5 Å². The maximum absolute atomic E-state index is 11.9. The van der Waals surface area contributed by atoms with E-state index in [0.29, 0.717) is 35.4 Å². The van der Waals surface area contributed by atoms with E-state index in [0.717, 1.165) is 36.6 Å². The van der Waals surface area contributed by atoms with Gasteiger partial charge < -0.3 is 34.6 Å². The van der Waals surface area contributed by atoms with Crippen molar-refractivity contribution >= 4 is 34.9 Å². The molecule has 3 fully saturated rings. The molecule has 0 bridgehead atoms. The van der Waals surface area contributed by atoms with Crippen LogP contribution in [-0.2, 0) is 21.8 Å². The summed E-state index contributed by atoms with van der Waals surface area (Å²) < 4.78 is 20.6. The molecule has 3 aromatic carbocycles. The lowest BCUT2D eigenvalue weighted by Gasteiger charge is -2.38. The van der Waals surface area contributed by atoms with Crippen molar-refractivity contribution in [1.82, 2.24) is 30.3 Å². The SMILES string of the molecule is CN1C(=O)NCC1c1ccc(N2CCNCC2c2ccc(OCC3COC(Cn4cncn4)(c4ccc(Cl)cc4Cl)O3)cc2)cc1. The van der Waals surface area contributed by atoms with Crippen molar-refractivity contribution in [3.8, 4) is 5.75 Å². The maximum atomic E-state index is 11.9. The number of amides is 2. The number of urea groups is 1. The van der Waals surface area contributed by atoms with Gasteiger partial charge in [-0.2, -0.15) is 5.10 Å². The van der Waals surface area contributed by atoms with Gasteiger partial charge >= 0.3 is 6.03 Å². The van der Waals surface area contributed by atoms with Crippen LogP contribution in [-0.4, -0.2) is 78.2 Å². The number of likely N-dealkylation sites (N-methyl/N-ethyl adjacent to an activating group) is 1. The number of rotatable bonds is 9. The number of anilines is 1. The molecule has 0 spiro atoms. The topological polar surface area (TPSA) is 106 Å². The Balaban J connectivity index is 1.01. The number of halogens is 2. The summed E-state index contributed by atoms with van der Waals surface area (Å²) in [4.78, 5) is 20.2. The Morgan fingerprint density at radius 2 is 1.80 bits per heavy atom. The fourth-order valence-electron chi connectivity index (χ4n) is 6.39. The Labute approximate surface area is 277 Å². The Morgan fingerprint density at radius 1 is 1.02 bits per heavy atom. The quantitative estimate of drug-likeness (QED) is 0.264. The van der Waals surface area contributed by atoms with Gasteiger partial charge in [0.1, 0.15) is 37.7 Å². The molecule has 3 aliphatic rings. The molecule has 3 aliphatic heterocycles. The summed E-state index contributed by atoms with van der Waals surface area (Å²) in [6.45, 7) is 4.13. The number of aromatic nitrogens is 3. The summed E-state index contributed by atoms with van der Waals surface area (Å²) in [5.41, 5.74) is 4.14. The van der Waals surface area contributed by atoms with E-state index in [9.17, 15) is 4.79 Å². The Hall–Kier alpha value is -3.87. The van der Waals surface area contributed by atoms with Crippen molar-refractivity contribution in [1.29, 1.82) is 0 Å². The van der Waals surface area contributed by atoms with Crippen LogP contribution in [0.25, 0.3) is 0 Å². The lowest BCUT2D eigenvalue weighted by molar-refractivity contribution is -0.190. The van der Waals surface area contributed by atoms with E-state index >= 15 is 0 Å². The molecule has 1 aromatic heterocycles. The molecule has 3 saturated heterocycles. The fourth-order valence-corrected chi connectivity index (χ4v) is 6.94. The Morgan fingerprint density at radius 3 is 2.52 bits per heavy atom. The van der Waals surface area contributed by atoms with Gasteiger partial charge in [-0.1, -0.05) is 53.5 Å². The van der Waals surface area contributed by atoms with Crippen molar-refractivity contribution in [2.45, 2.75) is 30.5 Å². The number of benzene rings is 3. The van der Waals surface area contributed by atoms with Crippen LogP contribution in [0.3, 0.4) is 0 Å². The van der Waals surface area contributed by atoms with Crippen LogP contribution in [0.15, 0.2) is 79.4 Å². The maximum Gasteiger partial charge on any atom is 0.317 e. The Bertz CT molecular complexity index is 1660. The molecular formula is C33H35Cl2N7O4. The second-order valence-corrected chi connectivity index (χ2v) is 12.6. The highest BCUT2D eigenvalue weighted by molar-refractivity contribution is 6.35. The number of carbonyl (C=O) groups excluding carboxylic acids is 1. The smallest absolute Gasteiger partial charge is 0.317 e. The molecule has 2 N–H and O–H groups in total. The number of ether oxygens (including phenoxy) is 3. The molecule has 2 amide bonds. The first kappa shape index (κ1) is 30.8. The van der Waals surface area contributed by atoms with Crippen LogP contribution in [0.4, 0.5) is 10.5 Å². The average molecular weight is 665 g/mol. The summed E-state index contributed by atoms with van der Waals surface area (Å²) >= 11 is 12.7. The zero-order chi connectivity index (χ0) is 31.7. The van der Waals surface area contributed by atoms with Crippen molar-refractivity contribution in [3.05, 3.63) is 106 Å². The van der Waals surface area contributed by atoms with E-state index in [2.05, 4.69) is 62.0 Å². The number of hydrogen-bond donors (Lipinski definition) is 2. The van der Waals surface area contributed by atoms with Crippen molar-refractivity contribution in [2.75, 3.05) is 51.3 Å². The first-order valence-corrected chi connectivity index (χ1v) is 16.0. The monoisotopic (exact) mass is 663 g/mol. The lowest BCUT2D eigenvalue weighted by atomic mass is 10.0. The van der Waals surface area contributed by atoms with Gasteiger partial charge in [-0.05, 0) is 47.5 Å². The Kier molecular flexibility index (Phi) is 8.76. The molecule has 0 radical (unpaired) electrons. The second-order valence-electron chi connectivity index (χ2n) is 11.7. The molecule has 240 valence electrons. The minimum Gasteiger partial charge on any atom is -0.491 e. The molecule has 0 aliphatic carbocycles. The largest absolute Gasteiger partial charge is 0.491 e. The summed E-state index contributed by atoms with van der Waals surface area (Å²) in [6.07, 6.45) is 2.73. The van der Waals surface area contributed by atoms with E-state index in [-0.39, 0.29) is 30.8 Å². The van der Waals surface area contributed by atoms with Gasteiger partial charge in [0.05, 0.1) is 23.7 Å². The normalized spacial score (nSPS) is 24.8. The second kappa shape index (κ2) is 13.1. The van der Waals surface area contributed by atoms with Gasteiger partial charge in [0.25, 0.3) is 0 Å². The highest BCUT2D eigenvalue weighted by Gasteiger charge is 2.45. The molecule has 0 saturated carbocycles. The van der Waals surface area contributed by atoms with E-state index in [1.54, 1.807) is 28.0 Å². The van der Waals surface area contributed by atoms with Crippen LogP contribution < -0.4 is 20.3 Å². The lowest BCUT2D eigenvalue weighted by Crippen LogP contribution is -2.46. The zero-order valence-corrected chi connectivity index (χ0v) is 26.8. The predicted octanol–water partition coefficient (Wildman–Crippen LogP) is 4.78. The molecule has 4 heterocycles. The number of nitrogens with zero attached hydrogens (tertiary/aromatic N) is 5. The highest BCUT2D eigenvalue weighted by atomic mass is 35.5. The molecule has 4 unspecified atom stereocenters. The predicted molar refractivity (Wildman–Crippen MR) is 174 cm³/mol. The molecule has 4 aromatic rings. The summed E-state index contributed by atoms with van der Waals surface area (Å²) in [6, 6.07) is 22.2.